The Hall–Kier alpha value is -5.27. The number of ether oxygens (including phenoxy) is 2. The molecule has 2 saturated heterocycles. The summed E-state index contributed by atoms with van der Waals surface area (Å²) >= 11 is 0. The van der Waals surface area contributed by atoms with Crippen LogP contribution in [0, 0.1) is 12.7 Å². The molecule has 5 rings (SSSR count). The van der Waals surface area contributed by atoms with Crippen molar-refractivity contribution in [3.8, 4) is 5.75 Å². The highest BCUT2D eigenvalue weighted by Crippen LogP contribution is 2.33. The van der Waals surface area contributed by atoms with Gasteiger partial charge in [0.1, 0.15) is 23.3 Å². The Bertz CT molecular complexity index is 1740. The van der Waals surface area contributed by atoms with Gasteiger partial charge in [0.2, 0.25) is 5.91 Å². The molecule has 51 heavy (non-hydrogen) atoms. The molecule has 2 N–H and O–H groups in total. The Balaban J connectivity index is 1.29. The number of hydrogen-bond donors (Lipinski definition) is 2. The highest BCUT2D eigenvalue weighted by Gasteiger charge is 2.32. The number of amides is 4. The first kappa shape index (κ1) is 37.0. The number of aromatic nitrogens is 1. The van der Waals surface area contributed by atoms with Gasteiger partial charge in [-0.05, 0) is 68.0 Å². The van der Waals surface area contributed by atoms with E-state index >= 15 is 0 Å². The van der Waals surface area contributed by atoms with Gasteiger partial charge in [-0.15, -0.1) is 0 Å². The van der Waals surface area contributed by atoms with Crippen LogP contribution in [0.5, 0.6) is 5.75 Å². The molecular weight excluding hydrogens is 661 g/mol. The second kappa shape index (κ2) is 17.1. The van der Waals surface area contributed by atoms with Crippen LogP contribution in [0.1, 0.15) is 73.1 Å². The largest absolute Gasteiger partial charge is 0.483 e. The molecule has 2 aliphatic heterocycles. The molecule has 272 valence electrons. The number of carboxylic acids is 1. The van der Waals surface area contributed by atoms with Crippen molar-refractivity contribution in [2.24, 2.45) is 0 Å². The first-order valence-corrected chi connectivity index (χ1v) is 17.4. The van der Waals surface area contributed by atoms with Crippen LogP contribution >= 0.6 is 0 Å². The van der Waals surface area contributed by atoms with Gasteiger partial charge in [-0.25, -0.2) is 14.2 Å². The van der Waals surface area contributed by atoms with Gasteiger partial charge in [0, 0.05) is 50.6 Å². The van der Waals surface area contributed by atoms with Crippen LogP contribution in [0.3, 0.4) is 0 Å². The first-order valence-electron chi connectivity index (χ1n) is 17.4. The predicted molar refractivity (Wildman–Crippen MR) is 185 cm³/mol. The lowest BCUT2D eigenvalue weighted by molar-refractivity contribution is -0.138. The predicted octanol–water partition coefficient (Wildman–Crippen LogP) is 4.47. The Morgan fingerprint density at radius 1 is 1.00 bits per heavy atom. The van der Waals surface area contributed by atoms with Crippen molar-refractivity contribution in [1.82, 2.24) is 25.0 Å². The van der Waals surface area contributed by atoms with Gasteiger partial charge in [0.25, 0.3) is 11.8 Å². The zero-order chi connectivity index (χ0) is 36.5. The van der Waals surface area contributed by atoms with Crippen molar-refractivity contribution in [3.05, 3.63) is 71.2 Å². The van der Waals surface area contributed by atoms with E-state index in [1.807, 2.05) is 19.9 Å². The van der Waals surface area contributed by atoms with Crippen molar-refractivity contribution < 1.29 is 42.9 Å². The van der Waals surface area contributed by atoms with Crippen LogP contribution in [0.25, 0.3) is 10.9 Å². The summed E-state index contributed by atoms with van der Waals surface area (Å²) in [7, 11) is 0. The summed E-state index contributed by atoms with van der Waals surface area (Å²) in [6, 6.07) is 11.5. The average molecular weight is 706 g/mol. The van der Waals surface area contributed by atoms with Crippen LogP contribution in [0.4, 0.5) is 9.18 Å². The number of rotatable bonds is 13. The van der Waals surface area contributed by atoms with Gasteiger partial charge in [0.05, 0.1) is 18.2 Å². The SMILES string of the molecule is CCCCOC(=O)N1CCN(C(=O)C(CCC(=O)O)NC(=O)c2cc(OCC(=O)N3CCCC3c3ccc(F)cc3)c3ccc(C)cc3n2)CC1. The third-order valence-corrected chi connectivity index (χ3v) is 9.16. The number of fused-ring (bicyclic) bond motifs is 1. The first-order chi connectivity index (χ1) is 24.5. The smallest absolute Gasteiger partial charge is 0.409 e. The number of hydrogen-bond acceptors (Lipinski definition) is 8. The average Bonchev–Trinajstić information content (AvgIpc) is 3.62. The molecule has 0 spiro atoms. The van der Waals surface area contributed by atoms with Crippen molar-refractivity contribution >= 4 is 40.7 Å². The van der Waals surface area contributed by atoms with E-state index in [1.54, 1.807) is 29.2 Å². The number of halogens is 1. The van der Waals surface area contributed by atoms with E-state index in [0.717, 1.165) is 36.8 Å². The highest BCUT2D eigenvalue weighted by atomic mass is 19.1. The van der Waals surface area contributed by atoms with Gasteiger partial charge >= 0.3 is 12.1 Å². The van der Waals surface area contributed by atoms with Crippen LogP contribution in [0.2, 0.25) is 0 Å². The lowest BCUT2D eigenvalue weighted by atomic mass is 10.0. The van der Waals surface area contributed by atoms with E-state index in [1.165, 1.54) is 28.0 Å². The number of piperazine rings is 1. The second-order valence-corrected chi connectivity index (χ2v) is 12.9. The quantitative estimate of drug-likeness (QED) is 0.245. The van der Waals surface area contributed by atoms with E-state index in [0.29, 0.717) is 24.1 Å². The lowest BCUT2D eigenvalue weighted by Crippen LogP contribution is -2.56. The van der Waals surface area contributed by atoms with Crippen molar-refractivity contribution in [3.63, 3.8) is 0 Å². The maximum absolute atomic E-state index is 13.7. The molecule has 0 bridgehead atoms. The standard InChI is InChI=1S/C37H44FN5O8/c1-3-4-20-50-37(49)42-18-16-41(17-19-42)36(48)28(13-14-34(45)46)40-35(47)30-22-32(27-12-7-24(2)21-29(27)39-30)51-23-33(44)43-15-5-6-31(43)25-8-10-26(38)11-9-25/h7-12,21-22,28,31H,3-6,13-20,23H2,1-2H3,(H,40,47)(H,45,46). The monoisotopic (exact) mass is 705 g/mol. The fourth-order valence-electron chi connectivity index (χ4n) is 6.34. The van der Waals surface area contributed by atoms with E-state index in [2.05, 4.69) is 10.3 Å². The van der Waals surface area contributed by atoms with Crippen molar-refractivity contribution in [2.45, 2.75) is 64.5 Å². The van der Waals surface area contributed by atoms with E-state index in [4.69, 9.17) is 9.47 Å². The summed E-state index contributed by atoms with van der Waals surface area (Å²) in [4.78, 5) is 73.8. The molecule has 2 aromatic carbocycles. The van der Waals surface area contributed by atoms with Gasteiger partial charge in [-0.3, -0.25) is 19.2 Å². The number of carbonyl (C=O) groups excluding carboxylic acids is 4. The Labute approximate surface area is 295 Å². The molecule has 13 nitrogen and oxygen atoms in total. The number of aliphatic carboxylic acids is 1. The number of nitrogens with zero attached hydrogens (tertiary/aromatic N) is 4. The molecule has 2 unspecified atom stereocenters. The van der Waals surface area contributed by atoms with Crippen LogP contribution < -0.4 is 10.1 Å². The number of pyridine rings is 1. The summed E-state index contributed by atoms with van der Waals surface area (Å²) in [5.74, 6) is -2.68. The van der Waals surface area contributed by atoms with Gasteiger partial charge < -0.3 is 34.6 Å². The summed E-state index contributed by atoms with van der Waals surface area (Å²) in [6.45, 7) is 5.26. The molecule has 0 aliphatic carbocycles. The maximum Gasteiger partial charge on any atom is 0.409 e. The molecule has 1 aromatic heterocycles. The number of benzene rings is 2. The number of aryl methyl sites for hydroxylation is 1. The molecule has 0 saturated carbocycles. The van der Waals surface area contributed by atoms with Gasteiger partial charge in [-0.1, -0.05) is 31.5 Å². The van der Waals surface area contributed by atoms with E-state index in [-0.39, 0.29) is 74.8 Å². The molecule has 2 aliphatic rings. The molecular formula is C37H44FN5O8. The Morgan fingerprint density at radius 3 is 2.43 bits per heavy atom. The number of likely N-dealkylation sites (tertiary alicyclic amines) is 1. The third-order valence-electron chi connectivity index (χ3n) is 9.16. The second-order valence-electron chi connectivity index (χ2n) is 12.9. The zero-order valence-electron chi connectivity index (χ0n) is 28.9. The minimum Gasteiger partial charge on any atom is -0.483 e. The highest BCUT2D eigenvalue weighted by molar-refractivity contribution is 5.99. The van der Waals surface area contributed by atoms with Crippen molar-refractivity contribution in [1.29, 1.82) is 0 Å². The van der Waals surface area contributed by atoms with E-state index in [9.17, 15) is 33.5 Å². The normalized spacial score (nSPS) is 16.5. The molecule has 14 heteroatoms. The van der Waals surface area contributed by atoms with E-state index < -0.39 is 29.9 Å². The third kappa shape index (κ3) is 9.50. The summed E-state index contributed by atoms with van der Waals surface area (Å²) in [6.07, 6.45) is 2.20. The van der Waals surface area contributed by atoms with Crippen LogP contribution in [-0.2, 0) is 19.1 Å². The number of nitrogens with one attached hydrogen (secondary N) is 1. The topological polar surface area (TPSA) is 159 Å². The van der Waals surface area contributed by atoms with Crippen molar-refractivity contribution in [2.75, 3.05) is 45.9 Å². The Kier molecular flexibility index (Phi) is 12.4. The van der Waals surface area contributed by atoms with Crippen LogP contribution in [-0.4, -0.2) is 107 Å². The van der Waals surface area contributed by atoms with Gasteiger partial charge in [-0.2, -0.15) is 0 Å². The molecule has 2 atom stereocenters. The fraction of sp³-hybridized carbons (Fsp3) is 0.459. The maximum atomic E-state index is 13.7. The number of carbonyl (C=O) groups is 5. The fourth-order valence-corrected chi connectivity index (χ4v) is 6.34. The molecule has 2 fully saturated rings. The number of carboxylic acid groups (broad SMARTS) is 1. The summed E-state index contributed by atoms with van der Waals surface area (Å²) in [5.41, 5.74) is 2.07. The van der Waals surface area contributed by atoms with Crippen LogP contribution in [0.15, 0.2) is 48.5 Å². The molecule has 3 aromatic rings. The Morgan fingerprint density at radius 2 is 1.73 bits per heavy atom. The summed E-state index contributed by atoms with van der Waals surface area (Å²) in [5, 5.41) is 12.6. The lowest BCUT2D eigenvalue weighted by Gasteiger charge is -2.36. The summed E-state index contributed by atoms with van der Waals surface area (Å²) < 4.78 is 24.9. The molecule has 0 radical (unpaired) electrons. The zero-order valence-corrected chi connectivity index (χ0v) is 28.9. The molecule has 3 heterocycles. The van der Waals surface area contributed by atoms with Gasteiger partial charge in [0.15, 0.2) is 6.61 Å². The minimum absolute atomic E-state index is 0.0753. The molecule has 4 amide bonds. The number of unbranched alkanes of at least 4 members (excludes halogenated alkanes) is 1. The minimum atomic E-state index is -1.17.